The molecule has 0 saturated carbocycles. The average Bonchev–Trinajstić information content (AvgIpc) is 3.51. The maximum atomic E-state index is 14.1. The van der Waals surface area contributed by atoms with Crippen LogP contribution in [0.1, 0.15) is 22.5 Å². The Morgan fingerprint density at radius 2 is 1.79 bits per heavy atom. The molecular formula is C23H24FN3O4S2. The van der Waals surface area contributed by atoms with E-state index in [1.54, 1.807) is 24.3 Å². The van der Waals surface area contributed by atoms with E-state index in [9.17, 15) is 17.6 Å². The molecule has 7 nitrogen and oxygen atoms in total. The zero-order valence-corrected chi connectivity index (χ0v) is 19.6. The summed E-state index contributed by atoms with van der Waals surface area (Å²) in [6.45, 7) is 2.99. The Morgan fingerprint density at radius 3 is 2.52 bits per heavy atom. The largest absolute Gasteiger partial charge is 0.379 e. The van der Waals surface area contributed by atoms with Gasteiger partial charge in [0, 0.05) is 36.3 Å². The highest BCUT2D eigenvalue weighted by molar-refractivity contribution is 7.89. The van der Waals surface area contributed by atoms with Crippen molar-refractivity contribution < 1.29 is 22.3 Å². The highest BCUT2D eigenvalue weighted by atomic mass is 32.2. The van der Waals surface area contributed by atoms with Crippen LogP contribution in [0.2, 0.25) is 0 Å². The Balaban J connectivity index is 1.50. The lowest BCUT2D eigenvalue weighted by Crippen LogP contribution is -2.40. The molecule has 2 fully saturated rings. The molecule has 2 aromatic carbocycles. The number of anilines is 2. The van der Waals surface area contributed by atoms with Crippen LogP contribution in [0.25, 0.3) is 10.1 Å². The van der Waals surface area contributed by atoms with Gasteiger partial charge in [-0.05, 0) is 49.2 Å². The van der Waals surface area contributed by atoms with E-state index >= 15 is 0 Å². The number of morpholine rings is 1. The highest BCUT2D eigenvalue weighted by Gasteiger charge is 2.28. The van der Waals surface area contributed by atoms with E-state index < -0.39 is 15.9 Å². The quantitative estimate of drug-likeness (QED) is 0.588. The monoisotopic (exact) mass is 489 g/mol. The Bertz CT molecular complexity index is 1300. The number of ether oxygens (including phenoxy) is 1. The molecule has 2 saturated heterocycles. The molecule has 10 heteroatoms. The lowest BCUT2D eigenvalue weighted by molar-refractivity contribution is 0.0730. The van der Waals surface area contributed by atoms with Gasteiger partial charge in [0.15, 0.2) is 0 Å². The number of sulfonamides is 1. The minimum Gasteiger partial charge on any atom is -0.379 e. The first-order valence-corrected chi connectivity index (χ1v) is 13.2. The number of thiophene rings is 1. The van der Waals surface area contributed by atoms with Crippen molar-refractivity contribution in [3.8, 4) is 0 Å². The number of carbonyl (C=O) groups excluding carboxylic acids is 1. The van der Waals surface area contributed by atoms with Gasteiger partial charge in [0.1, 0.15) is 5.82 Å². The molecule has 2 aliphatic heterocycles. The second kappa shape index (κ2) is 9.02. The Labute approximate surface area is 195 Å². The van der Waals surface area contributed by atoms with Gasteiger partial charge in [-0.25, -0.2) is 12.8 Å². The van der Waals surface area contributed by atoms with Crippen molar-refractivity contribution in [2.24, 2.45) is 0 Å². The van der Waals surface area contributed by atoms with Crippen LogP contribution >= 0.6 is 11.3 Å². The first kappa shape index (κ1) is 22.3. The third-order valence-corrected chi connectivity index (χ3v) is 9.00. The van der Waals surface area contributed by atoms with Gasteiger partial charge in [-0.2, -0.15) is 4.31 Å². The van der Waals surface area contributed by atoms with Crippen LogP contribution in [0.15, 0.2) is 47.4 Å². The SMILES string of the molecule is O=C(Nc1cc(S(=O)(=O)N2CCOCC2)ccc1N1CCCC1)c1cc2c(F)cccc2s1. The van der Waals surface area contributed by atoms with Crippen LogP contribution in [0.4, 0.5) is 15.8 Å². The molecule has 1 amide bonds. The van der Waals surface area contributed by atoms with E-state index in [4.69, 9.17) is 4.74 Å². The molecular weight excluding hydrogens is 465 g/mol. The number of halogens is 1. The topological polar surface area (TPSA) is 79.0 Å². The molecule has 1 N–H and O–H groups in total. The third-order valence-electron chi connectivity index (χ3n) is 6.00. The average molecular weight is 490 g/mol. The molecule has 5 rings (SSSR count). The minimum absolute atomic E-state index is 0.130. The van der Waals surface area contributed by atoms with Gasteiger partial charge in [0.05, 0.1) is 34.4 Å². The lowest BCUT2D eigenvalue weighted by Gasteiger charge is -2.27. The number of benzene rings is 2. The summed E-state index contributed by atoms with van der Waals surface area (Å²) < 4.78 is 47.9. The van der Waals surface area contributed by atoms with E-state index in [1.807, 2.05) is 0 Å². The summed E-state index contributed by atoms with van der Waals surface area (Å²) >= 11 is 1.20. The Hall–Kier alpha value is -2.53. The number of rotatable bonds is 5. The van der Waals surface area contributed by atoms with Gasteiger partial charge in [-0.15, -0.1) is 11.3 Å². The van der Waals surface area contributed by atoms with Gasteiger partial charge in [-0.1, -0.05) is 6.07 Å². The van der Waals surface area contributed by atoms with Crippen LogP contribution < -0.4 is 10.2 Å². The van der Waals surface area contributed by atoms with Crippen molar-refractivity contribution in [1.29, 1.82) is 0 Å². The maximum absolute atomic E-state index is 14.1. The van der Waals surface area contributed by atoms with Crippen molar-refractivity contribution in [3.05, 3.63) is 53.2 Å². The molecule has 0 spiro atoms. The van der Waals surface area contributed by atoms with Gasteiger partial charge in [0.25, 0.3) is 5.91 Å². The number of nitrogens with zero attached hydrogens (tertiary/aromatic N) is 2. The number of nitrogens with one attached hydrogen (secondary N) is 1. The zero-order valence-electron chi connectivity index (χ0n) is 17.9. The highest BCUT2D eigenvalue weighted by Crippen LogP contribution is 2.34. The minimum atomic E-state index is -3.71. The second-order valence-corrected chi connectivity index (χ2v) is 11.1. The molecule has 33 heavy (non-hydrogen) atoms. The molecule has 3 aromatic rings. The summed E-state index contributed by atoms with van der Waals surface area (Å²) in [7, 11) is -3.71. The van der Waals surface area contributed by atoms with Crippen LogP contribution in [0.5, 0.6) is 0 Å². The van der Waals surface area contributed by atoms with E-state index in [0.717, 1.165) is 31.6 Å². The van der Waals surface area contributed by atoms with Crippen molar-refractivity contribution in [2.75, 3.05) is 49.6 Å². The van der Waals surface area contributed by atoms with Gasteiger partial charge < -0.3 is 15.0 Å². The number of hydrogen-bond acceptors (Lipinski definition) is 6. The Morgan fingerprint density at radius 1 is 1.03 bits per heavy atom. The summed E-state index contributed by atoms with van der Waals surface area (Å²) in [6, 6.07) is 11.2. The standard InChI is InChI=1S/C23H24FN3O4S2/c24-18-4-3-5-21-17(18)15-22(32-21)23(28)25-19-14-16(6-7-20(19)26-8-1-2-9-26)33(29,30)27-10-12-31-13-11-27/h3-7,14-15H,1-2,8-13H2,(H,25,28). The first-order chi connectivity index (χ1) is 15.9. The van der Waals surface area contributed by atoms with Crippen LogP contribution in [0.3, 0.4) is 0 Å². The Kier molecular flexibility index (Phi) is 6.09. The normalized spacial score (nSPS) is 17.5. The number of amides is 1. The molecule has 0 unspecified atom stereocenters. The summed E-state index contributed by atoms with van der Waals surface area (Å²) in [5.74, 6) is -0.767. The predicted molar refractivity (Wildman–Crippen MR) is 127 cm³/mol. The second-order valence-electron chi connectivity index (χ2n) is 8.11. The molecule has 174 valence electrons. The molecule has 3 heterocycles. The number of hydrogen-bond donors (Lipinski definition) is 1. The van der Waals surface area contributed by atoms with E-state index in [0.29, 0.717) is 47.0 Å². The van der Waals surface area contributed by atoms with E-state index in [-0.39, 0.29) is 10.7 Å². The van der Waals surface area contributed by atoms with Crippen molar-refractivity contribution in [2.45, 2.75) is 17.7 Å². The van der Waals surface area contributed by atoms with E-state index in [2.05, 4.69) is 10.2 Å². The summed E-state index contributed by atoms with van der Waals surface area (Å²) in [5.41, 5.74) is 1.23. The molecule has 0 aliphatic carbocycles. The van der Waals surface area contributed by atoms with Crippen LogP contribution in [0, 0.1) is 5.82 Å². The van der Waals surface area contributed by atoms with Crippen molar-refractivity contribution >= 4 is 48.7 Å². The molecule has 0 atom stereocenters. The van der Waals surface area contributed by atoms with Crippen molar-refractivity contribution in [1.82, 2.24) is 4.31 Å². The lowest BCUT2D eigenvalue weighted by atomic mass is 10.2. The number of fused-ring (bicyclic) bond motifs is 1. The molecule has 2 aliphatic rings. The van der Waals surface area contributed by atoms with Gasteiger partial charge >= 0.3 is 0 Å². The van der Waals surface area contributed by atoms with E-state index in [1.165, 1.54) is 33.8 Å². The fourth-order valence-electron chi connectivity index (χ4n) is 4.27. The molecule has 0 bridgehead atoms. The predicted octanol–water partition coefficient (Wildman–Crippen LogP) is 3.91. The fourth-order valence-corrected chi connectivity index (χ4v) is 6.67. The maximum Gasteiger partial charge on any atom is 0.265 e. The third kappa shape index (κ3) is 4.35. The number of carbonyl (C=O) groups is 1. The van der Waals surface area contributed by atoms with Crippen LogP contribution in [-0.4, -0.2) is 58.0 Å². The van der Waals surface area contributed by atoms with Gasteiger partial charge in [-0.3, -0.25) is 4.79 Å². The molecule has 0 radical (unpaired) electrons. The smallest absolute Gasteiger partial charge is 0.265 e. The van der Waals surface area contributed by atoms with Crippen molar-refractivity contribution in [3.63, 3.8) is 0 Å². The fraction of sp³-hybridized carbons (Fsp3) is 0.348. The zero-order chi connectivity index (χ0) is 23.0. The molecule has 1 aromatic heterocycles. The first-order valence-electron chi connectivity index (χ1n) is 10.9. The summed E-state index contributed by atoms with van der Waals surface area (Å²) in [5, 5.41) is 3.30. The summed E-state index contributed by atoms with van der Waals surface area (Å²) in [4.78, 5) is 15.7. The van der Waals surface area contributed by atoms with Crippen LogP contribution in [-0.2, 0) is 14.8 Å². The van der Waals surface area contributed by atoms with Gasteiger partial charge in [0.2, 0.25) is 10.0 Å². The summed E-state index contributed by atoms with van der Waals surface area (Å²) in [6.07, 6.45) is 2.08.